The number of furan rings is 1. The summed E-state index contributed by atoms with van der Waals surface area (Å²) in [5.41, 5.74) is 8.15. The number of nitrogens with zero attached hydrogens (tertiary/aromatic N) is 3. The second-order valence-electron chi connectivity index (χ2n) is 10.3. The van der Waals surface area contributed by atoms with E-state index in [4.69, 9.17) is 21.0 Å². The summed E-state index contributed by atoms with van der Waals surface area (Å²) < 4.78 is 5.98. The zero-order valence-corrected chi connectivity index (χ0v) is 23.1. The van der Waals surface area contributed by atoms with E-state index in [0.29, 0.717) is 11.6 Å². The third-order valence-corrected chi connectivity index (χ3v) is 7.81. The van der Waals surface area contributed by atoms with Gasteiger partial charge in [-0.25, -0.2) is 4.98 Å². The topological polar surface area (TPSA) is 51.8 Å². The van der Waals surface area contributed by atoms with Crippen molar-refractivity contribution >= 4 is 44.3 Å². The van der Waals surface area contributed by atoms with Gasteiger partial charge in [-0.3, -0.25) is 0 Å². The molecule has 6 aromatic carbocycles. The number of halogens is 1. The predicted octanol–water partition coefficient (Wildman–Crippen LogP) is 10.2. The first kappa shape index (κ1) is 24.5. The Balaban J connectivity index is 1.15. The van der Waals surface area contributed by atoms with E-state index in [1.807, 2.05) is 48.5 Å². The van der Waals surface area contributed by atoms with Crippen LogP contribution in [0.2, 0.25) is 5.28 Å². The average Bonchev–Trinajstić information content (AvgIpc) is 3.42. The van der Waals surface area contributed by atoms with Crippen LogP contribution in [-0.2, 0) is 0 Å². The molecule has 42 heavy (non-hydrogen) atoms. The van der Waals surface area contributed by atoms with E-state index in [9.17, 15) is 0 Å². The SMILES string of the molecule is Clc1nc(-c2ccc3cc(-c4cccc(-c5ccccc5)c4)ccc3c2)nc(-c2ccc3oc4ccccc4c3c2)n1. The summed E-state index contributed by atoms with van der Waals surface area (Å²) in [5, 5.41) is 4.45. The van der Waals surface area contributed by atoms with Crippen molar-refractivity contribution in [1.82, 2.24) is 15.0 Å². The summed E-state index contributed by atoms with van der Waals surface area (Å²) in [6, 6.07) is 45.8. The van der Waals surface area contributed by atoms with E-state index < -0.39 is 0 Å². The molecule has 0 N–H and O–H groups in total. The lowest BCUT2D eigenvalue weighted by atomic mass is 9.97. The molecule has 0 aliphatic rings. The van der Waals surface area contributed by atoms with Crippen LogP contribution in [0.1, 0.15) is 0 Å². The second-order valence-corrected chi connectivity index (χ2v) is 10.6. The van der Waals surface area contributed by atoms with Gasteiger partial charge >= 0.3 is 0 Å². The van der Waals surface area contributed by atoms with Crippen molar-refractivity contribution in [2.45, 2.75) is 0 Å². The van der Waals surface area contributed by atoms with Gasteiger partial charge in [0.25, 0.3) is 0 Å². The lowest BCUT2D eigenvalue weighted by Crippen LogP contribution is -1.97. The van der Waals surface area contributed by atoms with Crippen molar-refractivity contribution in [3.63, 3.8) is 0 Å². The Morgan fingerprint density at radius 2 is 0.976 bits per heavy atom. The van der Waals surface area contributed by atoms with Crippen molar-refractivity contribution in [2.75, 3.05) is 0 Å². The minimum absolute atomic E-state index is 0.154. The zero-order valence-electron chi connectivity index (χ0n) is 22.3. The summed E-state index contributed by atoms with van der Waals surface area (Å²) in [5.74, 6) is 1.05. The van der Waals surface area contributed by atoms with Crippen LogP contribution in [-0.4, -0.2) is 15.0 Å². The molecule has 0 saturated carbocycles. The van der Waals surface area contributed by atoms with Crippen molar-refractivity contribution in [2.24, 2.45) is 0 Å². The zero-order chi connectivity index (χ0) is 28.0. The molecule has 0 bridgehead atoms. The lowest BCUT2D eigenvalue weighted by molar-refractivity contribution is 0.669. The predicted molar refractivity (Wildman–Crippen MR) is 171 cm³/mol. The fourth-order valence-corrected chi connectivity index (χ4v) is 5.71. The van der Waals surface area contributed by atoms with E-state index in [1.54, 1.807) is 0 Å². The smallest absolute Gasteiger partial charge is 0.226 e. The van der Waals surface area contributed by atoms with Crippen LogP contribution in [0, 0.1) is 0 Å². The number of fused-ring (bicyclic) bond motifs is 4. The van der Waals surface area contributed by atoms with Crippen LogP contribution in [0.5, 0.6) is 0 Å². The quantitative estimate of drug-likeness (QED) is 0.215. The molecule has 0 saturated heterocycles. The first-order chi connectivity index (χ1) is 20.7. The van der Waals surface area contributed by atoms with Crippen LogP contribution in [0.25, 0.3) is 77.7 Å². The monoisotopic (exact) mass is 559 g/mol. The van der Waals surface area contributed by atoms with Crippen LogP contribution in [0.15, 0.2) is 138 Å². The fraction of sp³-hybridized carbons (Fsp3) is 0. The first-order valence-electron chi connectivity index (χ1n) is 13.7. The highest BCUT2D eigenvalue weighted by Crippen LogP contribution is 2.33. The lowest BCUT2D eigenvalue weighted by Gasteiger charge is -2.09. The molecule has 2 aromatic heterocycles. The third-order valence-electron chi connectivity index (χ3n) is 7.64. The van der Waals surface area contributed by atoms with Crippen LogP contribution >= 0.6 is 11.6 Å². The van der Waals surface area contributed by atoms with Crippen molar-refractivity contribution in [1.29, 1.82) is 0 Å². The van der Waals surface area contributed by atoms with E-state index in [2.05, 4.69) is 94.9 Å². The molecule has 0 fully saturated rings. The number of hydrogen-bond donors (Lipinski definition) is 0. The van der Waals surface area contributed by atoms with Gasteiger partial charge in [-0.1, -0.05) is 91.0 Å². The molecule has 0 spiro atoms. The maximum Gasteiger partial charge on any atom is 0.226 e. The van der Waals surface area contributed by atoms with E-state index in [-0.39, 0.29) is 5.28 Å². The maximum atomic E-state index is 6.43. The first-order valence-corrected chi connectivity index (χ1v) is 14.1. The second kappa shape index (κ2) is 9.95. The molecule has 0 radical (unpaired) electrons. The Morgan fingerprint density at radius 3 is 1.79 bits per heavy atom. The number of para-hydroxylation sites is 1. The number of rotatable bonds is 4. The maximum absolute atomic E-state index is 6.43. The average molecular weight is 560 g/mol. The molecule has 0 amide bonds. The number of aromatic nitrogens is 3. The minimum Gasteiger partial charge on any atom is -0.456 e. The van der Waals surface area contributed by atoms with Gasteiger partial charge in [-0.05, 0) is 87.1 Å². The van der Waals surface area contributed by atoms with Crippen molar-refractivity contribution in [3.8, 4) is 45.0 Å². The van der Waals surface area contributed by atoms with Gasteiger partial charge < -0.3 is 4.42 Å². The Hall–Kier alpha value is -5.32. The third kappa shape index (κ3) is 4.39. The summed E-state index contributed by atoms with van der Waals surface area (Å²) in [4.78, 5) is 13.7. The van der Waals surface area contributed by atoms with Crippen LogP contribution in [0.4, 0.5) is 0 Å². The standard InChI is InChI=1S/C37H22ClN3O/c38-37-40-35(39-36(41-37)30-17-18-34-32(22-30)31-11-4-5-12-33(31)42-34)29-16-15-27-20-26(13-14-28(27)21-29)25-10-6-9-24(19-25)23-7-2-1-3-8-23/h1-22H. The summed E-state index contributed by atoms with van der Waals surface area (Å²) in [6.07, 6.45) is 0. The molecule has 198 valence electrons. The molecular weight excluding hydrogens is 538 g/mol. The number of hydrogen-bond acceptors (Lipinski definition) is 4. The van der Waals surface area contributed by atoms with Crippen molar-refractivity contribution in [3.05, 3.63) is 139 Å². The Morgan fingerprint density at radius 1 is 0.405 bits per heavy atom. The minimum atomic E-state index is 0.154. The van der Waals surface area contributed by atoms with Gasteiger partial charge in [-0.15, -0.1) is 0 Å². The van der Waals surface area contributed by atoms with E-state index in [0.717, 1.165) is 43.8 Å². The van der Waals surface area contributed by atoms with Gasteiger partial charge in [0.2, 0.25) is 5.28 Å². The van der Waals surface area contributed by atoms with E-state index in [1.165, 1.54) is 22.3 Å². The highest BCUT2D eigenvalue weighted by molar-refractivity contribution is 6.28. The molecule has 8 rings (SSSR count). The van der Waals surface area contributed by atoms with Crippen LogP contribution in [0.3, 0.4) is 0 Å². The molecule has 0 aliphatic heterocycles. The van der Waals surface area contributed by atoms with Gasteiger partial charge in [-0.2, -0.15) is 9.97 Å². The van der Waals surface area contributed by atoms with Gasteiger partial charge in [0.05, 0.1) is 0 Å². The van der Waals surface area contributed by atoms with Gasteiger partial charge in [0.15, 0.2) is 11.6 Å². The van der Waals surface area contributed by atoms with Gasteiger partial charge in [0.1, 0.15) is 11.2 Å². The summed E-state index contributed by atoms with van der Waals surface area (Å²) in [6.45, 7) is 0. The molecule has 4 nitrogen and oxygen atoms in total. The Kier molecular flexibility index (Phi) is 5.80. The normalized spacial score (nSPS) is 11.5. The highest BCUT2D eigenvalue weighted by Gasteiger charge is 2.13. The Bertz CT molecular complexity index is 2270. The molecular formula is C37H22ClN3O. The fourth-order valence-electron chi connectivity index (χ4n) is 5.55. The summed E-state index contributed by atoms with van der Waals surface area (Å²) >= 11 is 6.43. The molecule has 0 unspecified atom stereocenters. The van der Waals surface area contributed by atoms with Gasteiger partial charge in [0, 0.05) is 21.9 Å². The highest BCUT2D eigenvalue weighted by atomic mass is 35.5. The number of benzene rings is 6. The molecule has 0 atom stereocenters. The molecule has 2 heterocycles. The van der Waals surface area contributed by atoms with Crippen molar-refractivity contribution < 1.29 is 4.42 Å². The largest absolute Gasteiger partial charge is 0.456 e. The Labute approximate surface area is 246 Å². The molecule has 5 heteroatoms. The summed E-state index contributed by atoms with van der Waals surface area (Å²) in [7, 11) is 0. The molecule has 8 aromatic rings. The van der Waals surface area contributed by atoms with Crippen LogP contribution < -0.4 is 0 Å². The van der Waals surface area contributed by atoms with E-state index >= 15 is 0 Å². The molecule has 0 aliphatic carbocycles.